The van der Waals surface area contributed by atoms with Crippen molar-refractivity contribution >= 4 is 21.6 Å². The van der Waals surface area contributed by atoms with Gasteiger partial charge in [0, 0.05) is 19.3 Å². The third kappa shape index (κ3) is 3.89. The lowest BCUT2D eigenvalue weighted by Crippen LogP contribution is -2.29. The van der Waals surface area contributed by atoms with Crippen LogP contribution in [0.2, 0.25) is 0 Å². The second-order valence-corrected chi connectivity index (χ2v) is 5.06. The van der Waals surface area contributed by atoms with Gasteiger partial charge in [-0.3, -0.25) is 0 Å². The van der Waals surface area contributed by atoms with Gasteiger partial charge in [0.25, 0.3) is 0 Å². The molecule has 0 aliphatic rings. The van der Waals surface area contributed by atoms with Crippen molar-refractivity contribution in [3.63, 3.8) is 0 Å². The average Bonchev–Trinajstić information content (AvgIpc) is 2.35. The average molecular weight is 301 g/mol. The zero-order valence-electron chi connectivity index (χ0n) is 10.7. The Labute approximate surface area is 112 Å². The lowest BCUT2D eigenvalue weighted by Gasteiger charge is -2.24. The van der Waals surface area contributed by atoms with Crippen molar-refractivity contribution in [3.8, 4) is 5.75 Å². The molecule has 17 heavy (non-hydrogen) atoms. The summed E-state index contributed by atoms with van der Waals surface area (Å²) in [5, 5.41) is 0. The zero-order chi connectivity index (χ0) is 12.8. The molecule has 1 unspecified atom stereocenters. The highest BCUT2D eigenvalue weighted by Crippen LogP contribution is 2.29. The van der Waals surface area contributed by atoms with Crippen molar-refractivity contribution in [3.05, 3.63) is 22.7 Å². The fourth-order valence-corrected chi connectivity index (χ4v) is 2.28. The van der Waals surface area contributed by atoms with E-state index >= 15 is 0 Å². The predicted molar refractivity (Wildman–Crippen MR) is 76.8 cm³/mol. The summed E-state index contributed by atoms with van der Waals surface area (Å²) >= 11 is 3.50. The number of ether oxygens (including phenoxy) is 1. The van der Waals surface area contributed by atoms with Crippen LogP contribution < -0.4 is 15.4 Å². The maximum atomic E-state index is 5.73. The molecule has 96 valence electrons. The highest BCUT2D eigenvalue weighted by Gasteiger charge is 2.10. The van der Waals surface area contributed by atoms with Crippen molar-refractivity contribution < 1.29 is 4.74 Å². The van der Waals surface area contributed by atoms with Gasteiger partial charge in [0.2, 0.25) is 0 Å². The lowest BCUT2D eigenvalue weighted by atomic mass is 10.1. The first-order valence-corrected chi connectivity index (χ1v) is 6.66. The van der Waals surface area contributed by atoms with Gasteiger partial charge in [-0.25, -0.2) is 0 Å². The van der Waals surface area contributed by atoms with Gasteiger partial charge in [0.15, 0.2) is 0 Å². The number of benzene rings is 1. The molecule has 1 aromatic rings. The topological polar surface area (TPSA) is 38.5 Å². The molecule has 2 N–H and O–H groups in total. The molecule has 0 spiro atoms. The number of nitrogens with two attached hydrogens (primary N) is 1. The molecule has 1 aromatic carbocycles. The smallest absolute Gasteiger partial charge is 0.133 e. The van der Waals surface area contributed by atoms with Crippen LogP contribution in [0.25, 0.3) is 0 Å². The summed E-state index contributed by atoms with van der Waals surface area (Å²) in [6, 6.07) is 6.11. The number of hydrogen-bond acceptors (Lipinski definition) is 3. The van der Waals surface area contributed by atoms with E-state index in [0.29, 0.717) is 5.92 Å². The van der Waals surface area contributed by atoms with Gasteiger partial charge in [0.1, 0.15) is 5.75 Å². The first-order chi connectivity index (χ1) is 8.12. The Balaban J connectivity index is 2.75. The monoisotopic (exact) mass is 300 g/mol. The molecule has 1 rings (SSSR count). The summed E-state index contributed by atoms with van der Waals surface area (Å²) in [5.41, 5.74) is 6.90. The predicted octanol–water partition coefficient (Wildman–Crippen LogP) is 2.88. The van der Waals surface area contributed by atoms with E-state index in [1.54, 1.807) is 7.11 Å². The van der Waals surface area contributed by atoms with Crippen LogP contribution in [0.5, 0.6) is 5.75 Å². The van der Waals surface area contributed by atoms with E-state index in [9.17, 15) is 0 Å². The number of halogens is 1. The normalized spacial score (nSPS) is 12.3. The third-order valence-corrected chi connectivity index (χ3v) is 3.64. The van der Waals surface area contributed by atoms with Crippen LogP contribution in [0, 0.1) is 5.92 Å². The molecule has 1 atom stereocenters. The Morgan fingerprint density at radius 3 is 2.65 bits per heavy atom. The number of anilines is 1. The molecular formula is C13H21BrN2O. The van der Waals surface area contributed by atoms with Gasteiger partial charge in [-0.05, 0) is 46.6 Å². The first-order valence-electron chi connectivity index (χ1n) is 5.87. The molecular weight excluding hydrogens is 280 g/mol. The number of rotatable bonds is 6. The van der Waals surface area contributed by atoms with Gasteiger partial charge in [-0.1, -0.05) is 13.3 Å². The molecule has 0 aliphatic carbocycles. The SMILES string of the molecule is CCC(CN)CN(C)c1ccc(OC)c(Br)c1. The molecule has 4 heteroatoms. The van der Waals surface area contributed by atoms with Gasteiger partial charge in [0.05, 0.1) is 11.6 Å². The van der Waals surface area contributed by atoms with E-state index in [4.69, 9.17) is 10.5 Å². The van der Waals surface area contributed by atoms with Gasteiger partial charge < -0.3 is 15.4 Å². The number of hydrogen-bond donors (Lipinski definition) is 1. The minimum atomic E-state index is 0.542. The zero-order valence-corrected chi connectivity index (χ0v) is 12.3. The van der Waals surface area contributed by atoms with Crippen LogP contribution in [0.3, 0.4) is 0 Å². The molecule has 0 saturated carbocycles. The fraction of sp³-hybridized carbons (Fsp3) is 0.538. The van der Waals surface area contributed by atoms with E-state index in [0.717, 1.165) is 29.7 Å². The van der Waals surface area contributed by atoms with Crippen LogP contribution in [0.4, 0.5) is 5.69 Å². The fourth-order valence-electron chi connectivity index (χ4n) is 1.76. The molecule has 0 radical (unpaired) electrons. The third-order valence-electron chi connectivity index (χ3n) is 3.02. The Kier molecular flexibility index (Phi) is 5.78. The van der Waals surface area contributed by atoms with E-state index in [-0.39, 0.29) is 0 Å². The molecule has 0 amide bonds. The van der Waals surface area contributed by atoms with Gasteiger partial charge >= 0.3 is 0 Å². The van der Waals surface area contributed by atoms with Crippen molar-refractivity contribution in [2.75, 3.05) is 32.1 Å². The summed E-state index contributed by atoms with van der Waals surface area (Å²) in [6.45, 7) is 3.89. The summed E-state index contributed by atoms with van der Waals surface area (Å²) in [6.07, 6.45) is 1.11. The van der Waals surface area contributed by atoms with Crippen LogP contribution >= 0.6 is 15.9 Å². The van der Waals surface area contributed by atoms with Crippen LogP contribution in [0.1, 0.15) is 13.3 Å². The van der Waals surface area contributed by atoms with E-state index in [2.05, 4.69) is 46.9 Å². The molecule has 0 saturated heterocycles. The largest absolute Gasteiger partial charge is 0.496 e. The van der Waals surface area contributed by atoms with Crippen molar-refractivity contribution in [2.24, 2.45) is 11.7 Å². The molecule has 3 nitrogen and oxygen atoms in total. The van der Waals surface area contributed by atoms with E-state index < -0.39 is 0 Å². The molecule has 0 aromatic heterocycles. The minimum Gasteiger partial charge on any atom is -0.496 e. The molecule has 0 bridgehead atoms. The van der Waals surface area contributed by atoms with Gasteiger partial charge in [-0.15, -0.1) is 0 Å². The Morgan fingerprint density at radius 1 is 1.47 bits per heavy atom. The summed E-state index contributed by atoms with van der Waals surface area (Å²) in [4.78, 5) is 2.23. The van der Waals surface area contributed by atoms with Gasteiger partial charge in [-0.2, -0.15) is 0 Å². The molecule has 0 aliphatic heterocycles. The summed E-state index contributed by atoms with van der Waals surface area (Å²) in [5.74, 6) is 1.40. The first kappa shape index (κ1) is 14.3. The Morgan fingerprint density at radius 2 is 2.18 bits per heavy atom. The van der Waals surface area contributed by atoms with E-state index in [1.165, 1.54) is 5.69 Å². The van der Waals surface area contributed by atoms with Crippen molar-refractivity contribution in [2.45, 2.75) is 13.3 Å². The summed E-state index contributed by atoms with van der Waals surface area (Å²) < 4.78 is 6.19. The molecule has 0 fully saturated rings. The second-order valence-electron chi connectivity index (χ2n) is 4.21. The summed E-state index contributed by atoms with van der Waals surface area (Å²) in [7, 11) is 3.76. The van der Waals surface area contributed by atoms with Crippen LogP contribution in [-0.4, -0.2) is 27.2 Å². The molecule has 0 heterocycles. The second kappa shape index (κ2) is 6.87. The highest BCUT2D eigenvalue weighted by molar-refractivity contribution is 9.10. The Hall–Kier alpha value is -0.740. The van der Waals surface area contributed by atoms with Crippen molar-refractivity contribution in [1.29, 1.82) is 0 Å². The Bertz CT molecular complexity index is 353. The standard InChI is InChI=1S/C13H21BrN2O/c1-4-10(8-15)9-16(2)11-5-6-13(17-3)12(14)7-11/h5-7,10H,4,8-9,15H2,1-3H3. The lowest BCUT2D eigenvalue weighted by molar-refractivity contribution is 0.412. The maximum Gasteiger partial charge on any atom is 0.133 e. The minimum absolute atomic E-state index is 0.542. The van der Waals surface area contributed by atoms with E-state index in [1.807, 2.05) is 6.07 Å². The van der Waals surface area contributed by atoms with Crippen molar-refractivity contribution in [1.82, 2.24) is 0 Å². The highest BCUT2D eigenvalue weighted by atomic mass is 79.9. The van der Waals surface area contributed by atoms with Crippen LogP contribution in [-0.2, 0) is 0 Å². The quantitative estimate of drug-likeness (QED) is 0.878. The number of methoxy groups -OCH3 is 1. The number of nitrogens with zero attached hydrogens (tertiary/aromatic N) is 1. The van der Waals surface area contributed by atoms with Crippen LogP contribution in [0.15, 0.2) is 22.7 Å². The maximum absolute atomic E-state index is 5.73.